The van der Waals surface area contributed by atoms with Crippen molar-refractivity contribution in [3.05, 3.63) is 35.9 Å². The fourth-order valence-electron chi connectivity index (χ4n) is 0.991. The topological polar surface area (TPSA) is 33.6 Å². The molecule has 0 saturated carbocycles. The van der Waals surface area contributed by atoms with Crippen LogP contribution in [0.4, 0.5) is 0 Å². The van der Waals surface area contributed by atoms with Crippen molar-refractivity contribution in [2.45, 2.75) is 13.5 Å². The Morgan fingerprint density at radius 2 is 2.20 bits per heavy atom. The van der Waals surface area contributed by atoms with Crippen molar-refractivity contribution in [1.29, 1.82) is 0 Å². The maximum absolute atomic E-state index is 5.08. The molecular weight excluding hydrogens is 208 g/mol. The van der Waals surface area contributed by atoms with Gasteiger partial charge in [-0.3, -0.25) is 0 Å². The minimum atomic E-state index is 0.464. The van der Waals surface area contributed by atoms with E-state index in [1.807, 2.05) is 37.3 Å². The van der Waals surface area contributed by atoms with Gasteiger partial charge in [-0.05, 0) is 12.5 Å². The fourth-order valence-corrected chi connectivity index (χ4v) is 1.18. The lowest BCUT2D eigenvalue weighted by atomic mass is 10.2. The van der Waals surface area contributed by atoms with Gasteiger partial charge in [-0.2, -0.15) is 0 Å². The zero-order valence-corrected chi connectivity index (χ0v) is 9.46. The van der Waals surface area contributed by atoms with Gasteiger partial charge in [0.25, 0.3) is 0 Å². The third-order valence-corrected chi connectivity index (χ3v) is 1.92. The maximum atomic E-state index is 5.08. The molecule has 1 aromatic rings. The zero-order valence-electron chi connectivity index (χ0n) is 8.64. The van der Waals surface area contributed by atoms with Crippen LogP contribution in [0, 0.1) is 0 Å². The van der Waals surface area contributed by atoms with E-state index in [1.165, 1.54) is 6.21 Å². The molecule has 80 valence electrons. The predicted molar refractivity (Wildman–Crippen MR) is 66.0 cm³/mol. The highest BCUT2D eigenvalue weighted by Gasteiger charge is 1.90. The van der Waals surface area contributed by atoms with Crippen LogP contribution in [0.2, 0.25) is 0 Å². The summed E-state index contributed by atoms with van der Waals surface area (Å²) in [6.45, 7) is 3.24. The van der Waals surface area contributed by atoms with Crippen molar-refractivity contribution in [3.63, 3.8) is 0 Å². The van der Waals surface area contributed by atoms with E-state index in [9.17, 15) is 0 Å². The first-order valence-electron chi connectivity index (χ1n) is 4.80. The first-order valence-corrected chi connectivity index (χ1v) is 5.21. The van der Waals surface area contributed by atoms with E-state index in [-0.39, 0.29) is 0 Å². The van der Waals surface area contributed by atoms with E-state index >= 15 is 0 Å². The lowest BCUT2D eigenvalue weighted by molar-refractivity contribution is 0.132. The van der Waals surface area contributed by atoms with E-state index in [4.69, 9.17) is 17.1 Å². The Morgan fingerprint density at radius 3 is 2.87 bits per heavy atom. The molecule has 0 heterocycles. The zero-order chi connectivity index (χ0) is 10.9. The van der Waals surface area contributed by atoms with Crippen molar-refractivity contribution in [2.24, 2.45) is 5.16 Å². The minimum Gasteiger partial charge on any atom is -0.391 e. The summed E-state index contributed by atoms with van der Waals surface area (Å²) in [6, 6.07) is 9.86. The average molecular weight is 222 g/mol. The number of benzene rings is 1. The van der Waals surface area contributed by atoms with Gasteiger partial charge < -0.3 is 10.2 Å². The molecule has 1 aromatic carbocycles. The predicted octanol–water partition coefficient (Wildman–Crippen LogP) is 2.13. The molecule has 4 heteroatoms. The lowest BCUT2D eigenvalue weighted by Crippen LogP contribution is -2.21. The molecule has 0 bridgehead atoms. The Bertz CT molecular complexity index is 325. The van der Waals surface area contributed by atoms with Crippen molar-refractivity contribution in [1.82, 2.24) is 5.32 Å². The second-order valence-corrected chi connectivity index (χ2v) is 3.33. The monoisotopic (exact) mass is 222 g/mol. The SMILES string of the molecule is CCNC(=S)C=NOCc1ccccc1. The lowest BCUT2D eigenvalue weighted by Gasteiger charge is -2.00. The van der Waals surface area contributed by atoms with Gasteiger partial charge in [-0.15, -0.1) is 0 Å². The number of rotatable bonds is 5. The maximum Gasteiger partial charge on any atom is 0.142 e. The van der Waals surface area contributed by atoms with Crippen molar-refractivity contribution >= 4 is 23.4 Å². The van der Waals surface area contributed by atoms with Gasteiger partial charge in [-0.25, -0.2) is 0 Å². The van der Waals surface area contributed by atoms with Crippen molar-refractivity contribution < 1.29 is 4.84 Å². The first-order chi connectivity index (χ1) is 7.33. The smallest absolute Gasteiger partial charge is 0.142 e. The molecule has 0 aliphatic rings. The number of hydrogen-bond acceptors (Lipinski definition) is 3. The van der Waals surface area contributed by atoms with E-state index in [0.29, 0.717) is 11.6 Å². The molecule has 3 nitrogen and oxygen atoms in total. The van der Waals surface area contributed by atoms with Crippen LogP contribution in [0.5, 0.6) is 0 Å². The molecule has 0 aromatic heterocycles. The standard InChI is InChI=1S/C11H14N2OS/c1-2-12-11(15)8-13-14-9-10-6-4-3-5-7-10/h3-8H,2,9H2,1H3,(H,12,15). The van der Waals surface area contributed by atoms with Crippen LogP contribution in [-0.2, 0) is 11.4 Å². The van der Waals surface area contributed by atoms with Crippen LogP contribution >= 0.6 is 12.2 Å². The van der Waals surface area contributed by atoms with Crippen LogP contribution < -0.4 is 5.32 Å². The Kier molecular flexibility index (Phi) is 5.40. The molecule has 1 N–H and O–H groups in total. The van der Waals surface area contributed by atoms with Crippen LogP contribution in [0.25, 0.3) is 0 Å². The second kappa shape index (κ2) is 6.95. The summed E-state index contributed by atoms with van der Waals surface area (Å²) in [6.07, 6.45) is 1.50. The molecule has 1 rings (SSSR count). The summed E-state index contributed by atoms with van der Waals surface area (Å²) in [4.78, 5) is 5.67. The molecule has 0 aliphatic heterocycles. The number of nitrogens with zero attached hydrogens (tertiary/aromatic N) is 1. The molecule has 0 aliphatic carbocycles. The Hall–Kier alpha value is -1.42. The Balaban J connectivity index is 2.24. The Labute approximate surface area is 95.1 Å². The first kappa shape index (κ1) is 11.7. The van der Waals surface area contributed by atoms with E-state index in [2.05, 4.69) is 10.5 Å². The molecule has 0 amide bonds. The molecule has 0 unspecified atom stereocenters. The van der Waals surface area contributed by atoms with Gasteiger partial charge in [0.15, 0.2) is 0 Å². The average Bonchev–Trinajstić information content (AvgIpc) is 2.26. The van der Waals surface area contributed by atoms with E-state index in [0.717, 1.165) is 12.1 Å². The van der Waals surface area contributed by atoms with Gasteiger partial charge in [0.05, 0.1) is 0 Å². The van der Waals surface area contributed by atoms with Gasteiger partial charge in [0.1, 0.15) is 17.8 Å². The summed E-state index contributed by atoms with van der Waals surface area (Å²) >= 11 is 4.94. The van der Waals surface area contributed by atoms with Crippen LogP contribution in [0.1, 0.15) is 12.5 Å². The Morgan fingerprint density at radius 1 is 1.47 bits per heavy atom. The highest BCUT2D eigenvalue weighted by molar-refractivity contribution is 7.81. The number of nitrogens with one attached hydrogen (secondary N) is 1. The summed E-state index contributed by atoms with van der Waals surface area (Å²) in [5.41, 5.74) is 1.09. The van der Waals surface area contributed by atoms with Crippen LogP contribution in [0.15, 0.2) is 35.5 Å². The van der Waals surface area contributed by atoms with Gasteiger partial charge in [-0.1, -0.05) is 47.7 Å². The number of oxime groups is 1. The third kappa shape index (κ3) is 5.12. The summed E-state index contributed by atoms with van der Waals surface area (Å²) in [5.74, 6) is 0. The molecule has 0 atom stereocenters. The third-order valence-electron chi connectivity index (χ3n) is 1.67. The fraction of sp³-hybridized carbons (Fsp3) is 0.273. The summed E-state index contributed by atoms with van der Waals surface area (Å²) < 4.78 is 0. The summed E-state index contributed by atoms with van der Waals surface area (Å²) in [5, 5.41) is 6.70. The molecule has 0 radical (unpaired) electrons. The molecule has 0 saturated heterocycles. The second-order valence-electron chi connectivity index (χ2n) is 2.89. The molecular formula is C11H14N2OS. The van der Waals surface area contributed by atoms with Crippen LogP contribution in [0.3, 0.4) is 0 Å². The van der Waals surface area contributed by atoms with Gasteiger partial charge in [0.2, 0.25) is 0 Å². The summed E-state index contributed by atoms with van der Waals surface area (Å²) in [7, 11) is 0. The number of hydrogen-bond donors (Lipinski definition) is 1. The highest BCUT2D eigenvalue weighted by Crippen LogP contribution is 1.99. The highest BCUT2D eigenvalue weighted by atomic mass is 32.1. The van der Waals surface area contributed by atoms with Crippen molar-refractivity contribution in [3.8, 4) is 0 Å². The number of thiocarbonyl (C=S) groups is 1. The molecule has 0 spiro atoms. The van der Waals surface area contributed by atoms with Gasteiger partial charge in [0, 0.05) is 6.54 Å². The molecule has 15 heavy (non-hydrogen) atoms. The molecule has 0 fully saturated rings. The van der Waals surface area contributed by atoms with E-state index < -0.39 is 0 Å². The quantitative estimate of drug-likeness (QED) is 0.471. The normalized spacial score (nSPS) is 10.2. The van der Waals surface area contributed by atoms with E-state index in [1.54, 1.807) is 0 Å². The minimum absolute atomic E-state index is 0.464. The van der Waals surface area contributed by atoms with Gasteiger partial charge >= 0.3 is 0 Å². The van der Waals surface area contributed by atoms with Crippen LogP contribution in [-0.4, -0.2) is 17.7 Å². The largest absolute Gasteiger partial charge is 0.391 e. The van der Waals surface area contributed by atoms with Crippen molar-refractivity contribution in [2.75, 3.05) is 6.54 Å².